The Bertz CT molecular complexity index is 1110. The zero-order chi connectivity index (χ0) is 26.6. The number of fused-ring (bicyclic) bond motifs is 1. The van der Waals surface area contributed by atoms with Crippen LogP contribution in [-0.2, 0) is 24.3 Å². The minimum Gasteiger partial charge on any atom is -0.408 e. The number of hydrogen-bond acceptors (Lipinski definition) is 10. The molecule has 2 N–H and O–H groups in total. The number of terminal acetylenes is 1. The first-order valence-corrected chi connectivity index (χ1v) is 12.8. The Kier molecular flexibility index (Phi) is 11.1. The van der Waals surface area contributed by atoms with Crippen LogP contribution in [0.2, 0.25) is 0 Å². The normalized spacial score (nSPS) is 13.8. The van der Waals surface area contributed by atoms with Gasteiger partial charge in [0.15, 0.2) is 5.13 Å². The molecule has 1 saturated heterocycles. The molecular weight excluding hydrogens is 502 g/mol. The van der Waals surface area contributed by atoms with Crippen LogP contribution < -0.4 is 10.1 Å². The van der Waals surface area contributed by atoms with Crippen molar-refractivity contribution in [2.24, 2.45) is 0 Å². The lowest BCUT2D eigenvalue weighted by Gasteiger charge is -2.34. The van der Waals surface area contributed by atoms with E-state index in [2.05, 4.69) is 26.3 Å². The average Bonchev–Trinajstić information content (AvgIpc) is 3.27. The molecule has 3 rings (SSSR count). The van der Waals surface area contributed by atoms with Crippen LogP contribution in [0.1, 0.15) is 38.5 Å². The van der Waals surface area contributed by atoms with E-state index in [0.29, 0.717) is 49.9 Å². The number of nitrogens with zero attached hydrogens (tertiary/aromatic N) is 4. The van der Waals surface area contributed by atoms with E-state index in [9.17, 15) is 19.6 Å². The van der Waals surface area contributed by atoms with Gasteiger partial charge in [-0.05, 0) is 25.0 Å². The minimum atomic E-state index is -0.589. The standard InChI is InChI=1S/C24H31N5O7S/c1-3-35-18-10-11-19-20(16-18)37-24(25-19)26-21(30)17-27-12-14-28(15-13-27)22(31)8-6-4-5-7-9-23(32)29(33)36-34-2/h1,10-11,16,33H,4-9,12-15,17H2,2H3,(H,25,26,30). The molecule has 3 amide bonds. The van der Waals surface area contributed by atoms with E-state index in [-0.39, 0.29) is 30.0 Å². The zero-order valence-corrected chi connectivity index (χ0v) is 21.5. The molecule has 2 heterocycles. The monoisotopic (exact) mass is 533 g/mol. The molecule has 0 unspecified atom stereocenters. The van der Waals surface area contributed by atoms with E-state index in [1.807, 2.05) is 9.80 Å². The molecule has 1 aliphatic heterocycles. The predicted octanol–water partition coefficient (Wildman–Crippen LogP) is 2.40. The lowest BCUT2D eigenvalue weighted by Crippen LogP contribution is -2.50. The quantitative estimate of drug-likeness (QED) is 0.131. The molecule has 12 nitrogen and oxygen atoms in total. The number of piperazine rings is 1. The third-order valence-electron chi connectivity index (χ3n) is 5.77. The number of unbranched alkanes of at least 4 members (excludes halogenated alkanes) is 3. The largest absolute Gasteiger partial charge is 0.408 e. The summed E-state index contributed by atoms with van der Waals surface area (Å²) in [6.45, 7) is 2.62. The predicted molar refractivity (Wildman–Crippen MR) is 135 cm³/mol. The Morgan fingerprint density at radius 3 is 2.59 bits per heavy atom. The number of rotatable bonds is 13. The highest BCUT2D eigenvalue weighted by molar-refractivity contribution is 7.22. The summed E-state index contributed by atoms with van der Waals surface area (Å²) in [6, 6.07) is 5.29. The van der Waals surface area contributed by atoms with Crippen molar-refractivity contribution in [2.45, 2.75) is 38.5 Å². The smallest absolute Gasteiger partial charge is 0.276 e. The van der Waals surface area contributed by atoms with Crippen LogP contribution in [0.15, 0.2) is 18.2 Å². The fraction of sp³-hybridized carbons (Fsp3) is 0.500. The van der Waals surface area contributed by atoms with Gasteiger partial charge in [-0.1, -0.05) is 40.8 Å². The second kappa shape index (κ2) is 14.5. The number of amides is 3. The summed E-state index contributed by atoms with van der Waals surface area (Å²) in [7, 11) is 1.18. The SMILES string of the molecule is C#COc1ccc2nc(NC(=O)CN3CCN(C(=O)CCCCCCC(=O)N(O)OOC)CC3)sc2c1. The van der Waals surface area contributed by atoms with Gasteiger partial charge < -0.3 is 15.0 Å². The number of nitrogens with one attached hydrogen (secondary N) is 1. The van der Waals surface area contributed by atoms with Gasteiger partial charge in [-0.15, -0.1) is 0 Å². The van der Waals surface area contributed by atoms with Crippen molar-refractivity contribution >= 4 is 44.4 Å². The highest BCUT2D eigenvalue weighted by atomic mass is 32.1. The number of thiazole rings is 1. The molecule has 0 atom stereocenters. The van der Waals surface area contributed by atoms with E-state index in [0.717, 1.165) is 29.5 Å². The highest BCUT2D eigenvalue weighted by Gasteiger charge is 2.22. The first-order chi connectivity index (χ1) is 17.9. The molecule has 2 aromatic rings. The van der Waals surface area contributed by atoms with Crippen molar-refractivity contribution in [3.63, 3.8) is 0 Å². The Hall–Kier alpha value is -3.28. The first-order valence-electron chi connectivity index (χ1n) is 11.9. The fourth-order valence-corrected chi connectivity index (χ4v) is 4.79. The number of hydroxylamine groups is 2. The highest BCUT2D eigenvalue weighted by Crippen LogP contribution is 2.29. The van der Waals surface area contributed by atoms with Crippen LogP contribution in [0.4, 0.5) is 5.13 Å². The fourth-order valence-electron chi connectivity index (χ4n) is 3.88. The summed E-state index contributed by atoms with van der Waals surface area (Å²) in [5.41, 5.74) is 0.749. The van der Waals surface area contributed by atoms with Crippen molar-refractivity contribution in [3.05, 3.63) is 18.2 Å². The molecule has 1 fully saturated rings. The Balaban J connectivity index is 1.30. The third-order valence-corrected chi connectivity index (χ3v) is 6.70. The van der Waals surface area contributed by atoms with Crippen LogP contribution in [0, 0.1) is 12.5 Å². The summed E-state index contributed by atoms with van der Waals surface area (Å²) in [5.74, 6) is -0.105. The molecule has 0 aliphatic carbocycles. The number of anilines is 1. The van der Waals surface area contributed by atoms with Gasteiger partial charge in [-0.3, -0.25) is 24.5 Å². The molecule has 1 aromatic carbocycles. The van der Waals surface area contributed by atoms with Crippen molar-refractivity contribution in [3.8, 4) is 18.3 Å². The number of benzene rings is 1. The number of ether oxygens (including phenoxy) is 1. The molecule has 0 saturated carbocycles. The van der Waals surface area contributed by atoms with Gasteiger partial charge in [0.25, 0.3) is 5.91 Å². The van der Waals surface area contributed by atoms with Gasteiger partial charge in [0.05, 0.1) is 23.9 Å². The molecule has 1 aliphatic rings. The minimum absolute atomic E-state index is 0.0704. The molecule has 0 bridgehead atoms. The molecular formula is C24H31N5O7S. The van der Waals surface area contributed by atoms with Gasteiger partial charge in [0.1, 0.15) is 11.9 Å². The van der Waals surface area contributed by atoms with Gasteiger partial charge in [-0.2, -0.15) is 0 Å². The van der Waals surface area contributed by atoms with Crippen molar-refractivity contribution < 1.29 is 34.2 Å². The van der Waals surface area contributed by atoms with Crippen molar-refractivity contribution in [1.29, 1.82) is 0 Å². The van der Waals surface area contributed by atoms with Crippen LogP contribution in [0.25, 0.3) is 10.2 Å². The molecule has 0 spiro atoms. The summed E-state index contributed by atoms with van der Waals surface area (Å²) in [6.07, 6.45) is 10.7. The lowest BCUT2D eigenvalue weighted by atomic mass is 10.1. The number of hydrogen-bond donors (Lipinski definition) is 2. The summed E-state index contributed by atoms with van der Waals surface area (Å²) < 4.78 is 5.90. The summed E-state index contributed by atoms with van der Waals surface area (Å²) >= 11 is 1.35. The maximum Gasteiger partial charge on any atom is 0.276 e. The van der Waals surface area contributed by atoms with Crippen LogP contribution in [0.5, 0.6) is 5.75 Å². The van der Waals surface area contributed by atoms with E-state index in [4.69, 9.17) is 11.2 Å². The van der Waals surface area contributed by atoms with Crippen LogP contribution >= 0.6 is 11.3 Å². The maximum atomic E-state index is 12.5. The second-order valence-electron chi connectivity index (χ2n) is 8.40. The Labute approximate surface area is 218 Å². The lowest BCUT2D eigenvalue weighted by molar-refractivity contribution is -0.478. The van der Waals surface area contributed by atoms with Crippen LogP contribution in [-0.4, -0.2) is 82.8 Å². The van der Waals surface area contributed by atoms with Gasteiger partial charge in [0.2, 0.25) is 11.8 Å². The molecule has 0 radical (unpaired) electrons. The molecule has 200 valence electrons. The molecule has 13 heteroatoms. The summed E-state index contributed by atoms with van der Waals surface area (Å²) in [4.78, 5) is 53.2. The summed E-state index contributed by atoms with van der Waals surface area (Å²) in [5, 5.41) is 12.6. The van der Waals surface area contributed by atoms with Gasteiger partial charge in [0, 0.05) is 45.1 Å². The van der Waals surface area contributed by atoms with Gasteiger partial charge in [-0.25, -0.2) is 9.87 Å². The third kappa shape index (κ3) is 8.96. The van der Waals surface area contributed by atoms with Crippen molar-refractivity contribution in [2.75, 3.05) is 45.2 Å². The second-order valence-corrected chi connectivity index (χ2v) is 9.43. The molecule has 37 heavy (non-hydrogen) atoms. The van der Waals surface area contributed by atoms with E-state index in [1.165, 1.54) is 18.4 Å². The number of aromatic nitrogens is 1. The van der Waals surface area contributed by atoms with Crippen LogP contribution in [0.3, 0.4) is 0 Å². The zero-order valence-electron chi connectivity index (χ0n) is 20.7. The topological polar surface area (TPSA) is 134 Å². The number of carbonyl (C=O) groups is 3. The van der Waals surface area contributed by atoms with E-state index in [1.54, 1.807) is 18.2 Å². The average molecular weight is 534 g/mol. The maximum absolute atomic E-state index is 12.5. The number of carbonyl (C=O) groups excluding carboxylic acids is 3. The Morgan fingerprint density at radius 1 is 1.16 bits per heavy atom. The van der Waals surface area contributed by atoms with E-state index < -0.39 is 5.91 Å². The Morgan fingerprint density at radius 2 is 1.89 bits per heavy atom. The van der Waals surface area contributed by atoms with E-state index >= 15 is 0 Å². The van der Waals surface area contributed by atoms with Gasteiger partial charge >= 0.3 is 0 Å². The van der Waals surface area contributed by atoms with Crippen molar-refractivity contribution in [1.82, 2.24) is 20.0 Å². The molecule has 1 aromatic heterocycles. The first kappa shape index (κ1) is 28.3.